The quantitative estimate of drug-likeness (QED) is 0.580. The van der Waals surface area contributed by atoms with E-state index in [0.717, 1.165) is 18.7 Å². The molecule has 31 heavy (non-hydrogen) atoms. The molecule has 1 fully saturated rings. The standard InChI is InChI=1S/C22H25FN6O2/c1-2-29-21(24-25-26-29)16-31-20-8-4-6-18(14-20)22(30)28-11-9-27(10-12-28)15-17-5-3-7-19(23)13-17/h3-8,13-14H,2,9-12,15-16H2,1H3. The number of carbonyl (C=O) groups excluding carboxylic acids is 1. The topological polar surface area (TPSA) is 76.4 Å². The number of nitrogens with zero attached hydrogens (tertiary/aromatic N) is 6. The Balaban J connectivity index is 1.32. The molecule has 0 spiro atoms. The number of amides is 1. The second-order valence-corrected chi connectivity index (χ2v) is 7.43. The number of hydrogen-bond acceptors (Lipinski definition) is 6. The van der Waals surface area contributed by atoms with Crippen molar-refractivity contribution in [2.45, 2.75) is 26.6 Å². The Morgan fingerprint density at radius 3 is 2.68 bits per heavy atom. The molecule has 1 aromatic heterocycles. The first-order valence-corrected chi connectivity index (χ1v) is 10.4. The minimum atomic E-state index is -0.223. The zero-order valence-electron chi connectivity index (χ0n) is 17.4. The van der Waals surface area contributed by atoms with Crippen LogP contribution in [-0.4, -0.2) is 62.1 Å². The van der Waals surface area contributed by atoms with E-state index in [-0.39, 0.29) is 18.3 Å². The number of carbonyl (C=O) groups is 1. The predicted molar refractivity (Wildman–Crippen MR) is 112 cm³/mol. The van der Waals surface area contributed by atoms with Gasteiger partial charge in [0, 0.05) is 44.8 Å². The molecular weight excluding hydrogens is 399 g/mol. The average molecular weight is 424 g/mol. The van der Waals surface area contributed by atoms with Crippen LogP contribution in [0.2, 0.25) is 0 Å². The summed E-state index contributed by atoms with van der Waals surface area (Å²) in [5.74, 6) is 0.990. The molecule has 1 saturated heterocycles. The lowest BCUT2D eigenvalue weighted by Gasteiger charge is -2.34. The maximum atomic E-state index is 13.4. The molecular formula is C22H25FN6O2. The Hall–Kier alpha value is -3.33. The fourth-order valence-electron chi connectivity index (χ4n) is 3.62. The normalized spacial score (nSPS) is 14.6. The number of halogens is 1. The summed E-state index contributed by atoms with van der Waals surface area (Å²) < 4.78 is 20.8. The summed E-state index contributed by atoms with van der Waals surface area (Å²) in [7, 11) is 0. The molecule has 9 heteroatoms. The largest absolute Gasteiger partial charge is 0.486 e. The fourth-order valence-corrected chi connectivity index (χ4v) is 3.62. The van der Waals surface area contributed by atoms with Crippen LogP contribution < -0.4 is 4.74 Å². The monoisotopic (exact) mass is 424 g/mol. The first-order chi connectivity index (χ1) is 15.1. The highest BCUT2D eigenvalue weighted by Gasteiger charge is 2.22. The summed E-state index contributed by atoms with van der Waals surface area (Å²) in [5.41, 5.74) is 1.53. The predicted octanol–water partition coefficient (Wildman–Crippen LogP) is 2.37. The highest BCUT2D eigenvalue weighted by Crippen LogP contribution is 2.18. The van der Waals surface area contributed by atoms with Crippen molar-refractivity contribution in [1.82, 2.24) is 30.0 Å². The van der Waals surface area contributed by atoms with Gasteiger partial charge in [0.1, 0.15) is 18.2 Å². The molecule has 2 aromatic carbocycles. The Morgan fingerprint density at radius 1 is 1.10 bits per heavy atom. The van der Waals surface area contributed by atoms with Gasteiger partial charge in [0.15, 0.2) is 5.82 Å². The van der Waals surface area contributed by atoms with Crippen LogP contribution in [0.1, 0.15) is 28.7 Å². The zero-order valence-corrected chi connectivity index (χ0v) is 17.4. The smallest absolute Gasteiger partial charge is 0.254 e. The van der Waals surface area contributed by atoms with Gasteiger partial charge in [0.05, 0.1) is 0 Å². The number of ether oxygens (including phenoxy) is 1. The van der Waals surface area contributed by atoms with Crippen LogP contribution in [0, 0.1) is 5.82 Å². The van der Waals surface area contributed by atoms with Gasteiger partial charge in [-0.2, -0.15) is 0 Å². The van der Waals surface area contributed by atoms with E-state index in [1.807, 2.05) is 30.0 Å². The van der Waals surface area contributed by atoms with Crippen molar-refractivity contribution in [2.75, 3.05) is 26.2 Å². The Bertz CT molecular complexity index is 1030. The lowest BCUT2D eigenvalue weighted by atomic mass is 10.1. The van der Waals surface area contributed by atoms with Crippen LogP contribution in [0.5, 0.6) is 5.75 Å². The van der Waals surface area contributed by atoms with Crippen molar-refractivity contribution in [3.05, 3.63) is 71.3 Å². The summed E-state index contributed by atoms with van der Waals surface area (Å²) >= 11 is 0. The lowest BCUT2D eigenvalue weighted by Crippen LogP contribution is -2.48. The number of aryl methyl sites for hydroxylation is 1. The molecule has 0 bridgehead atoms. The van der Waals surface area contributed by atoms with Gasteiger partial charge >= 0.3 is 0 Å². The first-order valence-electron chi connectivity index (χ1n) is 10.4. The molecule has 8 nitrogen and oxygen atoms in total. The van der Waals surface area contributed by atoms with Crippen LogP contribution in [0.4, 0.5) is 4.39 Å². The van der Waals surface area contributed by atoms with Crippen molar-refractivity contribution in [2.24, 2.45) is 0 Å². The third kappa shape index (κ3) is 5.24. The number of hydrogen-bond donors (Lipinski definition) is 0. The molecule has 1 aliphatic rings. The van der Waals surface area contributed by atoms with Crippen LogP contribution in [0.15, 0.2) is 48.5 Å². The van der Waals surface area contributed by atoms with Crippen LogP contribution >= 0.6 is 0 Å². The van der Waals surface area contributed by atoms with Gasteiger partial charge in [0.25, 0.3) is 5.91 Å². The van der Waals surface area contributed by atoms with Crippen molar-refractivity contribution in [3.8, 4) is 5.75 Å². The molecule has 0 unspecified atom stereocenters. The molecule has 1 amide bonds. The molecule has 4 rings (SSSR count). The van der Waals surface area contributed by atoms with E-state index in [4.69, 9.17) is 4.74 Å². The third-order valence-corrected chi connectivity index (χ3v) is 5.31. The van der Waals surface area contributed by atoms with Crippen LogP contribution in [0.3, 0.4) is 0 Å². The van der Waals surface area contributed by atoms with Gasteiger partial charge in [-0.3, -0.25) is 9.69 Å². The highest BCUT2D eigenvalue weighted by molar-refractivity contribution is 5.94. The summed E-state index contributed by atoms with van der Waals surface area (Å²) in [4.78, 5) is 17.0. The molecule has 0 aliphatic carbocycles. The second kappa shape index (κ2) is 9.65. The molecule has 0 radical (unpaired) electrons. The van der Waals surface area contributed by atoms with Crippen molar-refractivity contribution in [3.63, 3.8) is 0 Å². The Kier molecular flexibility index (Phi) is 6.51. The summed E-state index contributed by atoms with van der Waals surface area (Å²) in [6, 6.07) is 13.8. The maximum Gasteiger partial charge on any atom is 0.254 e. The van der Waals surface area contributed by atoms with Gasteiger partial charge in [-0.1, -0.05) is 18.2 Å². The minimum absolute atomic E-state index is 0.0192. The summed E-state index contributed by atoms with van der Waals surface area (Å²) in [6.45, 7) is 6.29. The fraction of sp³-hybridized carbons (Fsp3) is 0.364. The molecule has 3 aromatic rings. The van der Waals surface area contributed by atoms with Crippen LogP contribution in [-0.2, 0) is 19.7 Å². The van der Waals surface area contributed by atoms with Gasteiger partial charge in [0.2, 0.25) is 0 Å². The molecule has 0 saturated carbocycles. The van der Waals surface area contributed by atoms with Gasteiger partial charge in [-0.15, -0.1) is 5.10 Å². The van der Waals surface area contributed by atoms with E-state index < -0.39 is 0 Å². The average Bonchev–Trinajstić information content (AvgIpc) is 3.26. The third-order valence-electron chi connectivity index (χ3n) is 5.31. The highest BCUT2D eigenvalue weighted by atomic mass is 19.1. The molecule has 2 heterocycles. The van der Waals surface area contributed by atoms with E-state index >= 15 is 0 Å². The second-order valence-electron chi connectivity index (χ2n) is 7.43. The summed E-state index contributed by atoms with van der Waals surface area (Å²) in [5, 5.41) is 11.5. The zero-order chi connectivity index (χ0) is 21.6. The van der Waals surface area contributed by atoms with Crippen LogP contribution in [0.25, 0.3) is 0 Å². The van der Waals surface area contributed by atoms with E-state index in [2.05, 4.69) is 20.4 Å². The molecule has 0 atom stereocenters. The number of piperazine rings is 1. The van der Waals surface area contributed by atoms with E-state index in [0.29, 0.717) is 43.3 Å². The van der Waals surface area contributed by atoms with E-state index in [9.17, 15) is 9.18 Å². The summed E-state index contributed by atoms with van der Waals surface area (Å²) in [6.07, 6.45) is 0. The SMILES string of the molecule is CCn1nnnc1COc1cccc(C(=O)N2CCN(Cc3cccc(F)c3)CC2)c1. The Morgan fingerprint density at radius 2 is 1.90 bits per heavy atom. The molecule has 0 N–H and O–H groups in total. The van der Waals surface area contributed by atoms with Crippen molar-refractivity contribution >= 4 is 5.91 Å². The lowest BCUT2D eigenvalue weighted by molar-refractivity contribution is 0.0628. The molecule has 162 valence electrons. The Labute approximate surface area is 180 Å². The maximum absolute atomic E-state index is 13.4. The van der Waals surface area contributed by atoms with Gasteiger partial charge < -0.3 is 9.64 Å². The number of aromatic nitrogens is 4. The van der Waals surface area contributed by atoms with E-state index in [1.54, 1.807) is 28.9 Å². The van der Waals surface area contributed by atoms with Crippen molar-refractivity contribution in [1.29, 1.82) is 0 Å². The number of rotatable bonds is 7. The van der Waals surface area contributed by atoms with Gasteiger partial charge in [-0.05, 0) is 53.2 Å². The minimum Gasteiger partial charge on any atom is -0.486 e. The molecule has 1 aliphatic heterocycles. The van der Waals surface area contributed by atoms with Gasteiger partial charge in [-0.25, -0.2) is 9.07 Å². The van der Waals surface area contributed by atoms with Crippen molar-refractivity contribution < 1.29 is 13.9 Å². The number of tetrazole rings is 1. The first kappa shape index (κ1) is 20.9. The number of benzene rings is 2. The van der Waals surface area contributed by atoms with E-state index in [1.165, 1.54) is 6.07 Å².